The fourth-order valence-electron chi connectivity index (χ4n) is 1.81. The maximum Gasteiger partial charge on any atom is 0.145 e. The lowest BCUT2D eigenvalue weighted by Crippen LogP contribution is -1.95. The fourth-order valence-corrected chi connectivity index (χ4v) is 1.81. The normalized spacial score (nSPS) is 15.9. The number of hydrogen-bond donors (Lipinski definition) is 0. The van der Waals surface area contributed by atoms with E-state index in [1.807, 2.05) is 0 Å². The van der Waals surface area contributed by atoms with Gasteiger partial charge in [-0.2, -0.15) is 0 Å². The first-order valence-corrected chi connectivity index (χ1v) is 5.94. The predicted octanol–water partition coefficient (Wildman–Crippen LogP) is 3.83. The summed E-state index contributed by atoms with van der Waals surface area (Å²) in [6.45, 7) is 0.177. The van der Waals surface area contributed by atoms with Gasteiger partial charge in [0, 0.05) is 5.56 Å². The van der Waals surface area contributed by atoms with Gasteiger partial charge in [-0.1, -0.05) is 29.4 Å². The minimum Gasteiger partial charge on any atom is -0.391 e. The van der Waals surface area contributed by atoms with Gasteiger partial charge < -0.3 is 4.84 Å². The summed E-state index contributed by atoms with van der Waals surface area (Å²) in [7, 11) is 0. The quantitative estimate of drug-likeness (QED) is 0.572. The van der Waals surface area contributed by atoms with Crippen molar-refractivity contribution < 1.29 is 9.23 Å². The Morgan fingerprint density at radius 2 is 2.18 bits per heavy atom. The molecule has 1 aromatic carbocycles. The molecule has 1 aliphatic carbocycles. The van der Waals surface area contributed by atoms with Crippen molar-refractivity contribution in [2.75, 3.05) is 0 Å². The van der Waals surface area contributed by atoms with E-state index in [4.69, 9.17) is 4.84 Å². The molecule has 0 atom stereocenters. The van der Waals surface area contributed by atoms with Gasteiger partial charge in [-0.05, 0) is 37.3 Å². The lowest BCUT2D eigenvalue weighted by atomic mass is 10.0. The molecule has 2 rings (SSSR count). The summed E-state index contributed by atoms with van der Waals surface area (Å²) in [6.07, 6.45) is 8.57. The number of allylic oxidation sites excluding steroid dienone is 2. The number of hydrogen-bond acceptors (Lipinski definition) is 2. The van der Waals surface area contributed by atoms with Crippen LogP contribution in [0.2, 0.25) is 0 Å². The number of nitrogens with zero attached hydrogens (tertiary/aromatic N) is 1. The van der Waals surface area contributed by atoms with Crippen LogP contribution in [0.5, 0.6) is 0 Å². The van der Waals surface area contributed by atoms with E-state index in [0.717, 1.165) is 12.8 Å². The van der Waals surface area contributed by atoms with Gasteiger partial charge in [-0.15, -0.1) is 0 Å². The molecule has 0 aliphatic heterocycles. The molecule has 0 heterocycles. The summed E-state index contributed by atoms with van der Waals surface area (Å²) in [5, 5.41) is 3.87. The number of benzene rings is 1. The van der Waals surface area contributed by atoms with Crippen molar-refractivity contribution in [3.05, 3.63) is 47.3 Å². The second-order valence-corrected chi connectivity index (χ2v) is 4.12. The molecule has 90 valence electrons. The maximum absolute atomic E-state index is 13.2. The molecule has 0 aromatic heterocycles. The van der Waals surface area contributed by atoms with Crippen molar-refractivity contribution in [3.63, 3.8) is 0 Å². The Hall–Kier alpha value is -1.64. The third kappa shape index (κ3) is 3.70. The van der Waals surface area contributed by atoms with Crippen molar-refractivity contribution in [2.45, 2.75) is 32.3 Å². The zero-order valence-electron chi connectivity index (χ0n) is 9.73. The van der Waals surface area contributed by atoms with Crippen molar-refractivity contribution in [3.8, 4) is 0 Å². The second-order valence-electron chi connectivity index (χ2n) is 4.12. The average Bonchev–Trinajstić information content (AvgIpc) is 2.38. The van der Waals surface area contributed by atoms with E-state index >= 15 is 0 Å². The largest absolute Gasteiger partial charge is 0.391 e. The Kier molecular flexibility index (Phi) is 4.30. The predicted molar refractivity (Wildman–Crippen MR) is 66.2 cm³/mol. The van der Waals surface area contributed by atoms with Crippen LogP contribution in [0.4, 0.5) is 4.39 Å². The minimum atomic E-state index is -0.250. The third-order valence-corrected chi connectivity index (χ3v) is 2.80. The summed E-state index contributed by atoms with van der Waals surface area (Å²) in [5.74, 6) is -0.250. The molecule has 0 unspecified atom stereocenters. The van der Waals surface area contributed by atoms with Crippen LogP contribution < -0.4 is 0 Å². The molecule has 0 bridgehead atoms. The average molecular weight is 233 g/mol. The van der Waals surface area contributed by atoms with E-state index in [1.165, 1.54) is 24.5 Å². The summed E-state index contributed by atoms with van der Waals surface area (Å²) in [4.78, 5) is 5.09. The van der Waals surface area contributed by atoms with E-state index in [-0.39, 0.29) is 12.4 Å². The van der Waals surface area contributed by atoms with Crippen molar-refractivity contribution >= 4 is 6.21 Å². The van der Waals surface area contributed by atoms with Gasteiger partial charge in [0.25, 0.3) is 0 Å². The zero-order valence-corrected chi connectivity index (χ0v) is 9.73. The molecule has 0 N–H and O–H groups in total. The van der Waals surface area contributed by atoms with Crippen LogP contribution in [-0.4, -0.2) is 6.21 Å². The molecular formula is C14H16FNO. The highest BCUT2D eigenvalue weighted by Gasteiger charge is 2.01. The topological polar surface area (TPSA) is 21.6 Å². The molecule has 3 heteroatoms. The molecular weight excluding hydrogens is 217 g/mol. The molecule has 1 aliphatic rings. The molecule has 1 aromatic rings. The van der Waals surface area contributed by atoms with Gasteiger partial charge in [0.1, 0.15) is 12.4 Å². The first-order chi connectivity index (χ1) is 8.36. The van der Waals surface area contributed by atoms with Gasteiger partial charge in [0.05, 0.1) is 6.21 Å². The standard InChI is InChI=1S/C14H16FNO/c15-14-9-5-4-8-13(14)11-17-16-10-12-6-2-1-3-7-12/h4-6,8-10H,1-3,7,11H2. The highest BCUT2D eigenvalue weighted by molar-refractivity contribution is 5.78. The van der Waals surface area contributed by atoms with E-state index in [1.54, 1.807) is 24.4 Å². The molecule has 0 amide bonds. The van der Waals surface area contributed by atoms with Crippen LogP contribution in [0.3, 0.4) is 0 Å². The van der Waals surface area contributed by atoms with E-state index in [9.17, 15) is 4.39 Å². The highest BCUT2D eigenvalue weighted by atomic mass is 19.1. The van der Waals surface area contributed by atoms with Crippen molar-refractivity contribution in [1.29, 1.82) is 0 Å². The Morgan fingerprint density at radius 3 is 2.94 bits per heavy atom. The van der Waals surface area contributed by atoms with E-state index in [2.05, 4.69) is 11.2 Å². The third-order valence-electron chi connectivity index (χ3n) is 2.80. The van der Waals surface area contributed by atoms with Crippen LogP contribution >= 0.6 is 0 Å². The zero-order chi connectivity index (χ0) is 11.9. The molecule has 0 saturated carbocycles. The highest BCUT2D eigenvalue weighted by Crippen LogP contribution is 2.15. The Labute approximate surface area is 101 Å². The monoisotopic (exact) mass is 233 g/mol. The summed E-state index contributed by atoms with van der Waals surface area (Å²) in [5.41, 5.74) is 1.74. The fraction of sp³-hybridized carbons (Fsp3) is 0.357. The lowest BCUT2D eigenvalue weighted by molar-refractivity contribution is 0.129. The SMILES string of the molecule is Fc1ccccc1CON=CC1=CCCCC1. The van der Waals surface area contributed by atoms with Gasteiger partial charge in [0.15, 0.2) is 0 Å². The molecule has 2 nitrogen and oxygen atoms in total. The first-order valence-electron chi connectivity index (χ1n) is 5.94. The summed E-state index contributed by atoms with van der Waals surface area (Å²) < 4.78 is 13.2. The van der Waals surface area contributed by atoms with Gasteiger partial charge in [-0.25, -0.2) is 4.39 Å². The number of oxime groups is 1. The van der Waals surface area contributed by atoms with Crippen LogP contribution in [0.15, 0.2) is 41.1 Å². The van der Waals surface area contributed by atoms with Crippen LogP contribution in [0, 0.1) is 5.82 Å². The molecule has 0 saturated heterocycles. The molecule has 0 fully saturated rings. The smallest absolute Gasteiger partial charge is 0.145 e. The van der Waals surface area contributed by atoms with Crippen molar-refractivity contribution in [2.24, 2.45) is 5.16 Å². The van der Waals surface area contributed by atoms with E-state index < -0.39 is 0 Å². The van der Waals surface area contributed by atoms with Gasteiger partial charge >= 0.3 is 0 Å². The van der Waals surface area contributed by atoms with Gasteiger partial charge in [0.2, 0.25) is 0 Å². The summed E-state index contributed by atoms with van der Waals surface area (Å²) in [6, 6.07) is 6.57. The van der Waals surface area contributed by atoms with Gasteiger partial charge in [-0.3, -0.25) is 0 Å². The second kappa shape index (κ2) is 6.18. The molecule has 0 radical (unpaired) electrons. The Morgan fingerprint density at radius 1 is 1.29 bits per heavy atom. The van der Waals surface area contributed by atoms with Crippen LogP contribution in [-0.2, 0) is 11.4 Å². The van der Waals surface area contributed by atoms with Crippen LogP contribution in [0.1, 0.15) is 31.2 Å². The maximum atomic E-state index is 13.2. The molecule has 17 heavy (non-hydrogen) atoms. The Balaban J connectivity index is 1.81. The summed E-state index contributed by atoms with van der Waals surface area (Å²) >= 11 is 0. The number of rotatable bonds is 4. The molecule has 0 spiro atoms. The minimum absolute atomic E-state index is 0.177. The van der Waals surface area contributed by atoms with Crippen molar-refractivity contribution in [1.82, 2.24) is 0 Å². The van der Waals surface area contributed by atoms with E-state index in [0.29, 0.717) is 5.56 Å². The Bertz CT molecular complexity index is 426. The lowest BCUT2D eigenvalue weighted by Gasteiger charge is -2.07. The van der Waals surface area contributed by atoms with Crippen LogP contribution in [0.25, 0.3) is 0 Å². The number of halogens is 1. The first kappa shape index (κ1) is 11.8.